The molecule has 2 aromatic rings. The van der Waals surface area contributed by atoms with Crippen molar-refractivity contribution in [3.63, 3.8) is 0 Å². The molecule has 2 aromatic heterocycles. The third-order valence-electron chi connectivity index (χ3n) is 3.72. The van der Waals surface area contributed by atoms with Gasteiger partial charge in [0.25, 0.3) is 0 Å². The van der Waals surface area contributed by atoms with Crippen LogP contribution in [0.15, 0.2) is 24.4 Å². The Balaban J connectivity index is 1.91. The zero-order chi connectivity index (χ0) is 13.2. The number of nitrogen functional groups attached to an aromatic ring is 1. The molecule has 0 saturated heterocycles. The number of fused-ring (bicyclic) bond motifs is 1. The van der Waals surface area contributed by atoms with E-state index in [1.165, 1.54) is 24.1 Å². The molecule has 1 aliphatic heterocycles. The highest BCUT2D eigenvalue weighted by molar-refractivity contribution is 5.90. The zero-order valence-corrected chi connectivity index (χ0v) is 11.3. The second-order valence-electron chi connectivity index (χ2n) is 5.11. The van der Waals surface area contributed by atoms with Gasteiger partial charge in [-0.1, -0.05) is 13.0 Å². The lowest BCUT2D eigenvalue weighted by Crippen LogP contribution is -2.29. The summed E-state index contributed by atoms with van der Waals surface area (Å²) in [5.74, 6) is 0.581. The number of nitrogens with one attached hydrogen (secondary N) is 1. The van der Waals surface area contributed by atoms with Gasteiger partial charge in [-0.2, -0.15) is 0 Å². The minimum atomic E-state index is 0.581. The van der Waals surface area contributed by atoms with Gasteiger partial charge in [0.1, 0.15) is 5.82 Å². The molecule has 19 heavy (non-hydrogen) atoms. The van der Waals surface area contributed by atoms with Crippen molar-refractivity contribution in [2.24, 2.45) is 0 Å². The molecule has 3 heterocycles. The fourth-order valence-corrected chi connectivity index (χ4v) is 2.73. The molecule has 0 radical (unpaired) electrons. The minimum absolute atomic E-state index is 0.581. The van der Waals surface area contributed by atoms with E-state index in [2.05, 4.69) is 34.1 Å². The number of anilines is 1. The number of pyridine rings is 1. The van der Waals surface area contributed by atoms with Crippen molar-refractivity contribution >= 4 is 22.4 Å². The van der Waals surface area contributed by atoms with Crippen molar-refractivity contribution < 1.29 is 0 Å². The first kappa shape index (κ1) is 12.2. The maximum atomic E-state index is 5.79. The topological polar surface area (TPSA) is 57.9 Å². The number of nitrogens with two attached hydrogens (primary N) is 1. The SMILES string of the molecule is CCCN1CC=C(c2c[nH]c3ccc(N)nc23)CC1. The van der Waals surface area contributed by atoms with Crippen LogP contribution in [0.4, 0.5) is 5.82 Å². The van der Waals surface area contributed by atoms with E-state index in [-0.39, 0.29) is 0 Å². The fourth-order valence-electron chi connectivity index (χ4n) is 2.73. The maximum Gasteiger partial charge on any atom is 0.124 e. The van der Waals surface area contributed by atoms with Crippen molar-refractivity contribution in [1.29, 1.82) is 0 Å². The van der Waals surface area contributed by atoms with E-state index in [1.54, 1.807) is 0 Å². The summed E-state index contributed by atoms with van der Waals surface area (Å²) in [5, 5.41) is 0. The Kier molecular flexibility index (Phi) is 3.25. The van der Waals surface area contributed by atoms with Gasteiger partial charge in [0.05, 0.1) is 11.0 Å². The molecule has 3 rings (SSSR count). The van der Waals surface area contributed by atoms with Crippen LogP contribution in [0.25, 0.3) is 16.6 Å². The van der Waals surface area contributed by atoms with Crippen LogP contribution in [0.3, 0.4) is 0 Å². The van der Waals surface area contributed by atoms with Gasteiger partial charge in [-0.15, -0.1) is 0 Å². The van der Waals surface area contributed by atoms with Gasteiger partial charge in [-0.05, 0) is 37.1 Å². The quantitative estimate of drug-likeness (QED) is 0.887. The van der Waals surface area contributed by atoms with Crippen LogP contribution in [0.1, 0.15) is 25.3 Å². The number of aromatic amines is 1. The summed E-state index contributed by atoms with van der Waals surface area (Å²) in [6.07, 6.45) is 6.68. The molecule has 3 N–H and O–H groups in total. The molecule has 0 amide bonds. The van der Waals surface area contributed by atoms with E-state index < -0.39 is 0 Å². The number of rotatable bonds is 3. The summed E-state index contributed by atoms with van der Waals surface area (Å²) in [5.41, 5.74) is 10.4. The van der Waals surface area contributed by atoms with Crippen molar-refractivity contribution in [3.05, 3.63) is 30.0 Å². The number of hydrogen-bond donors (Lipinski definition) is 2. The first-order valence-corrected chi connectivity index (χ1v) is 6.93. The van der Waals surface area contributed by atoms with Crippen molar-refractivity contribution in [3.8, 4) is 0 Å². The molecule has 0 bridgehead atoms. The molecule has 1 aliphatic rings. The second kappa shape index (κ2) is 5.05. The molecule has 0 unspecified atom stereocenters. The Morgan fingerprint density at radius 3 is 3.05 bits per heavy atom. The van der Waals surface area contributed by atoms with Crippen LogP contribution in [0, 0.1) is 0 Å². The van der Waals surface area contributed by atoms with Crippen LogP contribution in [0.5, 0.6) is 0 Å². The molecule has 0 fully saturated rings. The number of H-pyrrole nitrogens is 1. The first-order valence-electron chi connectivity index (χ1n) is 6.93. The summed E-state index contributed by atoms with van der Waals surface area (Å²) in [6.45, 7) is 5.58. The summed E-state index contributed by atoms with van der Waals surface area (Å²) in [6, 6.07) is 3.83. The maximum absolute atomic E-state index is 5.79. The number of nitrogens with zero attached hydrogens (tertiary/aromatic N) is 2. The number of aromatic nitrogens is 2. The van der Waals surface area contributed by atoms with E-state index in [0.717, 1.165) is 30.5 Å². The highest BCUT2D eigenvalue weighted by Gasteiger charge is 2.15. The van der Waals surface area contributed by atoms with E-state index >= 15 is 0 Å². The van der Waals surface area contributed by atoms with Gasteiger partial charge in [0, 0.05) is 24.8 Å². The highest BCUT2D eigenvalue weighted by Crippen LogP contribution is 2.28. The molecule has 0 spiro atoms. The summed E-state index contributed by atoms with van der Waals surface area (Å²) >= 11 is 0. The summed E-state index contributed by atoms with van der Waals surface area (Å²) in [4.78, 5) is 10.2. The lowest BCUT2D eigenvalue weighted by Gasteiger charge is -2.25. The van der Waals surface area contributed by atoms with Gasteiger partial charge in [-0.25, -0.2) is 4.98 Å². The van der Waals surface area contributed by atoms with E-state index in [4.69, 9.17) is 5.73 Å². The Hall–Kier alpha value is -1.81. The van der Waals surface area contributed by atoms with Crippen molar-refractivity contribution in [1.82, 2.24) is 14.9 Å². The lowest BCUT2D eigenvalue weighted by atomic mass is 10.0. The highest BCUT2D eigenvalue weighted by atomic mass is 15.1. The van der Waals surface area contributed by atoms with Crippen LogP contribution < -0.4 is 5.73 Å². The molecule has 0 aliphatic carbocycles. The van der Waals surface area contributed by atoms with Crippen molar-refractivity contribution in [2.45, 2.75) is 19.8 Å². The standard InChI is InChI=1S/C15H20N4/c1-2-7-19-8-5-11(6-9-19)12-10-17-13-3-4-14(16)18-15(12)13/h3-5,10,17H,2,6-9H2,1H3,(H2,16,18). The molecule has 100 valence electrons. The molecule has 0 saturated carbocycles. The molecule has 4 nitrogen and oxygen atoms in total. The second-order valence-corrected chi connectivity index (χ2v) is 5.11. The van der Waals surface area contributed by atoms with Crippen LogP contribution in [-0.4, -0.2) is 34.5 Å². The Bertz CT molecular complexity index is 612. The minimum Gasteiger partial charge on any atom is -0.384 e. The van der Waals surface area contributed by atoms with Crippen LogP contribution in [0.2, 0.25) is 0 Å². The molecule has 0 aromatic carbocycles. The van der Waals surface area contributed by atoms with Crippen LogP contribution >= 0.6 is 0 Å². The Morgan fingerprint density at radius 2 is 2.32 bits per heavy atom. The zero-order valence-electron chi connectivity index (χ0n) is 11.3. The molecular weight excluding hydrogens is 236 g/mol. The smallest absolute Gasteiger partial charge is 0.124 e. The van der Waals surface area contributed by atoms with Gasteiger partial charge >= 0.3 is 0 Å². The normalized spacial score (nSPS) is 16.8. The van der Waals surface area contributed by atoms with E-state index in [0.29, 0.717) is 5.82 Å². The van der Waals surface area contributed by atoms with Crippen LogP contribution in [-0.2, 0) is 0 Å². The van der Waals surface area contributed by atoms with E-state index in [9.17, 15) is 0 Å². The molecular formula is C15H20N4. The monoisotopic (exact) mass is 256 g/mol. The van der Waals surface area contributed by atoms with Gasteiger partial charge in [0.2, 0.25) is 0 Å². The van der Waals surface area contributed by atoms with Gasteiger partial charge < -0.3 is 10.7 Å². The Morgan fingerprint density at radius 1 is 1.42 bits per heavy atom. The summed E-state index contributed by atoms with van der Waals surface area (Å²) < 4.78 is 0. The summed E-state index contributed by atoms with van der Waals surface area (Å²) in [7, 11) is 0. The predicted molar refractivity (Wildman–Crippen MR) is 79.8 cm³/mol. The van der Waals surface area contributed by atoms with Gasteiger partial charge in [-0.3, -0.25) is 4.90 Å². The molecule has 4 heteroatoms. The van der Waals surface area contributed by atoms with E-state index in [1.807, 2.05) is 12.1 Å². The molecule has 0 atom stereocenters. The first-order chi connectivity index (χ1) is 9.28. The van der Waals surface area contributed by atoms with Gasteiger partial charge in [0.15, 0.2) is 0 Å². The van der Waals surface area contributed by atoms with Crippen molar-refractivity contribution in [2.75, 3.05) is 25.4 Å². The number of hydrogen-bond acceptors (Lipinski definition) is 3. The fraction of sp³-hybridized carbons (Fsp3) is 0.400. The Labute approximate surface area is 113 Å². The average molecular weight is 256 g/mol. The predicted octanol–water partition coefficient (Wildman–Crippen LogP) is 2.64. The largest absolute Gasteiger partial charge is 0.384 e. The third-order valence-corrected chi connectivity index (χ3v) is 3.72. The third kappa shape index (κ3) is 2.36. The average Bonchev–Trinajstić information content (AvgIpc) is 2.83. The lowest BCUT2D eigenvalue weighted by molar-refractivity contribution is 0.302.